The second-order valence-corrected chi connectivity index (χ2v) is 4.91. The number of aromatic nitrogens is 3. The van der Waals surface area contributed by atoms with Gasteiger partial charge in [-0.3, -0.25) is 4.79 Å². The largest absolute Gasteiger partial charge is 0.421 e. The van der Waals surface area contributed by atoms with Crippen molar-refractivity contribution in [3.63, 3.8) is 0 Å². The third kappa shape index (κ3) is 3.25. The van der Waals surface area contributed by atoms with Crippen molar-refractivity contribution in [2.24, 2.45) is 0 Å². The Labute approximate surface area is 128 Å². The molecule has 0 aromatic carbocycles. The minimum Gasteiger partial charge on any atom is -0.421 e. The van der Waals surface area contributed by atoms with Crippen molar-refractivity contribution in [2.75, 3.05) is 36.0 Å². The molecule has 0 spiro atoms. The monoisotopic (exact) mass is 327 g/mol. The normalized spacial score (nSPS) is 15.8. The fourth-order valence-corrected chi connectivity index (χ4v) is 2.21. The van der Waals surface area contributed by atoms with Crippen molar-refractivity contribution >= 4 is 18.2 Å². The predicted octanol–water partition coefficient (Wildman–Crippen LogP) is 1.62. The molecule has 7 nitrogen and oxygen atoms in total. The highest BCUT2D eigenvalue weighted by atomic mass is 19.4. The lowest BCUT2D eigenvalue weighted by atomic mass is 10.3. The lowest BCUT2D eigenvalue weighted by Crippen LogP contribution is -2.47. The van der Waals surface area contributed by atoms with E-state index in [0.717, 1.165) is 12.4 Å². The molecule has 1 saturated heterocycles. The van der Waals surface area contributed by atoms with Gasteiger partial charge in [0.1, 0.15) is 0 Å². The molecule has 23 heavy (non-hydrogen) atoms. The SMILES string of the molecule is O=Cc1cnc(N2CCN(c3ncc(C(F)(F)F)cn3)CC2)o1. The zero-order valence-electron chi connectivity index (χ0n) is 11.8. The number of anilines is 2. The number of nitrogens with zero attached hydrogens (tertiary/aromatic N) is 5. The van der Waals surface area contributed by atoms with Crippen molar-refractivity contribution in [1.82, 2.24) is 15.0 Å². The number of aldehydes is 1. The van der Waals surface area contributed by atoms with E-state index in [2.05, 4.69) is 15.0 Å². The zero-order chi connectivity index (χ0) is 16.4. The van der Waals surface area contributed by atoms with Crippen LogP contribution in [0.5, 0.6) is 0 Å². The van der Waals surface area contributed by atoms with Crippen LogP contribution in [0.1, 0.15) is 16.1 Å². The first-order valence-corrected chi connectivity index (χ1v) is 6.77. The van der Waals surface area contributed by atoms with Crippen LogP contribution in [0.25, 0.3) is 0 Å². The fraction of sp³-hybridized carbons (Fsp3) is 0.385. The van der Waals surface area contributed by atoms with Gasteiger partial charge in [0.05, 0.1) is 11.8 Å². The number of hydrogen-bond acceptors (Lipinski definition) is 7. The average molecular weight is 327 g/mol. The molecular formula is C13H12F3N5O2. The standard InChI is InChI=1S/C13H12F3N5O2/c14-13(15,16)9-5-17-11(18-6-9)20-1-3-21(4-2-20)12-19-7-10(8-22)23-12/h5-8H,1-4H2. The lowest BCUT2D eigenvalue weighted by Gasteiger charge is -2.33. The summed E-state index contributed by atoms with van der Waals surface area (Å²) < 4.78 is 42.7. The van der Waals surface area contributed by atoms with E-state index >= 15 is 0 Å². The molecule has 2 aromatic rings. The van der Waals surface area contributed by atoms with Crippen molar-refractivity contribution in [3.05, 3.63) is 29.9 Å². The van der Waals surface area contributed by atoms with E-state index in [1.807, 2.05) is 4.90 Å². The number of halogens is 3. The second kappa shape index (κ2) is 5.86. The Bertz CT molecular complexity index is 678. The predicted molar refractivity (Wildman–Crippen MR) is 73.4 cm³/mol. The fourth-order valence-electron chi connectivity index (χ4n) is 2.21. The Morgan fingerprint density at radius 3 is 2.13 bits per heavy atom. The molecule has 0 aliphatic carbocycles. The minimum atomic E-state index is -4.45. The third-order valence-electron chi connectivity index (χ3n) is 3.43. The van der Waals surface area contributed by atoms with Crippen molar-refractivity contribution in [2.45, 2.75) is 6.18 Å². The summed E-state index contributed by atoms with van der Waals surface area (Å²) in [6, 6.07) is 0.347. The van der Waals surface area contributed by atoms with Crippen molar-refractivity contribution in [1.29, 1.82) is 0 Å². The number of rotatable bonds is 3. The van der Waals surface area contributed by atoms with Gasteiger partial charge in [-0.25, -0.2) is 15.0 Å². The van der Waals surface area contributed by atoms with Crippen LogP contribution < -0.4 is 9.80 Å². The summed E-state index contributed by atoms with van der Waals surface area (Å²) in [4.78, 5) is 25.7. The smallest absolute Gasteiger partial charge is 0.419 e. The summed E-state index contributed by atoms with van der Waals surface area (Å²) in [5, 5.41) is 0. The highest BCUT2D eigenvalue weighted by molar-refractivity contribution is 5.70. The van der Waals surface area contributed by atoms with Crippen LogP contribution in [0.3, 0.4) is 0 Å². The number of oxazole rings is 1. The number of carbonyl (C=O) groups is 1. The van der Waals surface area contributed by atoms with Gasteiger partial charge in [0.15, 0.2) is 12.0 Å². The van der Waals surface area contributed by atoms with Gasteiger partial charge >= 0.3 is 6.18 Å². The third-order valence-corrected chi connectivity index (χ3v) is 3.43. The van der Waals surface area contributed by atoms with E-state index in [-0.39, 0.29) is 11.7 Å². The number of piperazine rings is 1. The summed E-state index contributed by atoms with van der Waals surface area (Å²) >= 11 is 0. The number of hydrogen-bond donors (Lipinski definition) is 0. The molecule has 0 saturated carbocycles. The molecular weight excluding hydrogens is 315 g/mol. The molecule has 0 bridgehead atoms. The Morgan fingerprint density at radius 1 is 1.00 bits per heavy atom. The second-order valence-electron chi connectivity index (χ2n) is 4.91. The van der Waals surface area contributed by atoms with Gasteiger partial charge in [0.25, 0.3) is 6.01 Å². The Morgan fingerprint density at radius 2 is 1.61 bits per heavy atom. The topological polar surface area (TPSA) is 75.4 Å². The molecule has 122 valence electrons. The number of carbonyl (C=O) groups excluding carboxylic acids is 1. The highest BCUT2D eigenvalue weighted by Gasteiger charge is 2.32. The molecule has 3 rings (SSSR count). The van der Waals surface area contributed by atoms with E-state index < -0.39 is 11.7 Å². The first kappa shape index (κ1) is 15.3. The maximum atomic E-state index is 12.5. The van der Waals surface area contributed by atoms with Crippen LogP contribution in [-0.2, 0) is 6.18 Å². The summed E-state index contributed by atoms with van der Waals surface area (Å²) in [5.41, 5.74) is -0.874. The molecule has 0 radical (unpaired) electrons. The quantitative estimate of drug-likeness (QED) is 0.793. The molecule has 2 aromatic heterocycles. The van der Waals surface area contributed by atoms with Crippen LogP contribution in [-0.4, -0.2) is 47.4 Å². The maximum absolute atomic E-state index is 12.5. The van der Waals surface area contributed by atoms with Gasteiger partial charge < -0.3 is 14.2 Å². The molecule has 1 fully saturated rings. The van der Waals surface area contributed by atoms with E-state index in [1.54, 1.807) is 4.90 Å². The molecule has 3 heterocycles. The summed E-state index contributed by atoms with van der Waals surface area (Å²) in [5.74, 6) is 0.395. The van der Waals surface area contributed by atoms with E-state index in [1.165, 1.54) is 6.20 Å². The van der Waals surface area contributed by atoms with Gasteiger partial charge in [0, 0.05) is 38.6 Å². The van der Waals surface area contributed by atoms with Crippen molar-refractivity contribution in [3.8, 4) is 0 Å². The van der Waals surface area contributed by atoms with Gasteiger partial charge in [0.2, 0.25) is 5.95 Å². The van der Waals surface area contributed by atoms with Crippen LogP contribution in [0, 0.1) is 0 Å². The minimum absolute atomic E-state index is 0.147. The van der Waals surface area contributed by atoms with E-state index in [9.17, 15) is 18.0 Å². The molecule has 1 aliphatic rings. The van der Waals surface area contributed by atoms with E-state index in [0.29, 0.717) is 38.5 Å². The first-order valence-electron chi connectivity index (χ1n) is 6.77. The van der Waals surface area contributed by atoms with Crippen molar-refractivity contribution < 1.29 is 22.4 Å². The molecule has 0 N–H and O–H groups in total. The van der Waals surface area contributed by atoms with Gasteiger partial charge in [-0.1, -0.05) is 0 Å². The molecule has 10 heteroatoms. The molecule has 0 atom stereocenters. The summed E-state index contributed by atoms with van der Waals surface area (Å²) in [6.45, 7) is 2.07. The average Bonchev–Trinajstić information content (AvgIpc) is 3.03. The molecule has 0 amide bonds. The van der Waals surface area contributed by atoms with Gasteiger partial charge in [-0.05, 0) is 0 Å². The highest BCUT2D eigenvalue weighted by Crippen LogP contribution is 2.28. The van der Waals surface area contributed by atoms with Crippen LogP contribution in [0.2, 0.25) is 0 Å². The Hall–Kier alpha value is -2.65. The molecule has 1 aliphatic heterocycles. The molecule has 0 unspecified atom stereocenters. The zero-order valence-corrected chi connectivity index (χ0v) is 11.8. The lowest BCUT2D eigenvalue weighted by molar-refractivity contribution is -0.138. The van der Waals surface area contributed by atoms with Gasteiger partial charge in [-0.2, -0.15) is 13.2 Å². The maximum Gasteiger partial charge on any atom is 0.419 e. The van der Waals surface area contributed by atoms with Crippen LogP contribution in [0.15, 0.2) is 23.0 Å². The first-order chi connectivity index (χ1) is 11.0. The Kier molecular flexibility index (Phi) is 3.89. The van der Waals surface area contributed by atoms with Gasteiger partial charge in [-0.15, -0.1) is 0 Å². The number of alkyl halides is 3. The van der Waals surface area contributed by atoms with Crippen LogP contribution in [0.4, 0.5) is 25.1 Å². The van der Waals surface area contributed by atoms with E-state index in [4.69, 9.17) is 4.42 Å². The van der Waals surface area contributed by atoms with Crippen LogP contribution >= 0.6 is 0 Å². The summed E-state index contributed by atoms with van der Waals surface area (Å²) in [7, 11) is 0. The Balaban J connectivity index is 1.63. The summed E-state index contributed by atoms with van der Waals surface area (Å²) in [6.07, 6.45) is -0.979.